The predicted octanol–water partition coefficient (Wildman–Crippen LogP) is 9.53. The second-order valence-corrected chi connectivity index (χ2v) is 17.5. The van der Waals surface area contributed by atoms with Crippen LogP contribution in [0.2, 0.25) is 0 Å². The van der Waals surface area contributed by atoms with Gasteiger partial charge in [-0.15, -0.1) is 6.58 Å². The Hall–Kier alpha value is -6.19. The molecule has 2 heterocycles. The second kappa shape index (κ2) is 23.2. The summed E-state index contributed by atoms with van der Waals surface area (Å²) in [5, 5.41) is 24.8. The van der Waals surface area contributed by atoms with Crippen LogP contribution in [-0.4, -0.2) is 91.5 Å². The van der Waals surface area contributed by atoms with Crippen molar-refractivity contribution in [3.8, 4) is 28.7 Å². The standard InChI is InChI=1S/C54H62N2O12/c1-3-25-65-54-50(56(33-38-19-21-48-49(29-38)64-36-63-48)53(60)62-27-26-61-35-37-13-6-5-7-14-37)32-46(55-66-4-2)44-30-40(16-8-10-23-57)43(18-9-11-24-58)51(52(44)54)45-31-42(20-22-47(45)68-54)67-41-17-12-15-39(28-41)34-59/h3,5-7,12-15,17,19-22,28-31,34,40,43,50-52,57-58H,1,4,8-11,16,18,23-27,32-33,35-36H2,2H3/t40-,43+,50-,51+,52+,54+/m0/s1. The van der Waals surface area contributed by atoms with Crippen LogP contribution in [0.25, 0.3) is 0 Å². The predicted molar refractivity (Wildman–Crippen MR) is 254 cm³/mol. The number of unbranched alkanes of at least 4 members (excludes halogenated alkanes) is 2. The van der Waals surface area contributed by atoms with Crippen molar-refractivity contribution in [1.29, 1.82) is 0 Å². The SMILES string of the molecule is C=CCO[C@@]12Oc3ccc(Oc4cccc(C=O)c4)cc3[C@H]3[C@H](CCCCO)[C@@H](CCCCO)C=C(C(=NOCC)C[C@@H]1N(Cc1ccc4c(c1)OCO4)C(=O)OCCOCc1ccccc1)[C@H]32. The molecule has 4 aliphatic rings. The van der Waals surface area contributed by atoms with Crippen LogP contribution in [0.15, 0.2) is 120 Å². The molecule has 1 fully saturated rings. The summed E-state index contributed by atoms with van der Waals surface area (Å²) >= 11 is 0. The molecule has 0 bridgehead atoms. The number of allylic oxidation sites excluding steroid dienone is 1. The molecule has 360 valence electrons. The zero-order valence-corrected chi connectivity index (χ0v) is 38.7. The number of oxime groups is 1. The summed E-state index contributed by atoms with van der Waals surface area (Å²) in [4.78, 5) is 34.3. The highest BCUT2D eigenvalue weighted by Gasteiger charge is 2.65. The number of amides is 1. The van der Waals surface area contributed by atoms with Crippen LogP contribution in [0.4, 0.5) is 4.79 Å². The fourth-order valence-electron chi connectivity index (χ4n) is 10.2. The molecule has 2 aliphatic heterocycles. The van der Waals surface area contributed by atoms with Crippen molar-refractivity contribution in [3.05, 3.63) is 138 Å². The van der Waals surface area contributed by atoms with Gasteiger partial charge in [0.1, 0.15) is 42.8 Å². The highest BCUT2D eigenvalue weighted by atomic mass is 16.7. The van der Waals surface area contributed by atoms with Crippen LogP contribution >= 0.6 is 0 Å². The van der Waals surface area contributed by atoms with Gasteiger partial charge in [-0.3, -0.25) is 9.69 Å². The van der Waals surface area contributed by atoms with Crippen LogP contribution in [0.3, 0.4) is 0 Å². The molecule has 6 atom stereocenters. The van der Waals surface area contributed by atoms with Gasteiger partial charge in [-0.2, -0.15) is 0 Å². The number of nitrogens with zero attached hydrogens (tertiary/aromatic N) is 2. The Morgan fingerprint density at radius 1 is 0.882 bits per heavy atom. The molecule has 14 nitrogen and oxygen atoms in total. The van der Waals surface area contributed by atoms with E-state index in [0.717, 1.165) is 54.2 Å². The van der Waals surface area contributed by atoms with Crippen molar-refractivity contribution >= 4 is 18.1 Å². The minimum Gasteiger partial charge on any atom is -0.459 e. The molecular weight excluding hydrogens is 869 g/mol. The largest absolute Gasteiger partial charge is 0.459 e. The van der Waals surface area contributed by atoms with E-state index < -0.39 is 23.8 Å². The number of benzene rings is 4. The molecule has 4 aromatic rings. The smallest absolute Gasteiger partial charge is 0.410 e. The number of hydrogen-bond donors (Lipinski definition) is 2. The number of aliphatic hydroxyl groups excluding tert-OH is 2. The van der Waals surface area contributed by atoms with Crippen LogP contribution in [0.1, 0.15) is 84.8 Å². The van der Waals surface area contributed by atoms with E-state index in [1.54, 1.807) is 35.2 Å². The number of aldehydes is 1. The fourth-order valence-corrected chi connectivity index (χ4v) is 10.2. The quantitative estimate of drug-likeness (QED) is 0.0297. The Labute approximate surface area is 398 Å². The third-order valence-electron chi connectivity index (χ3n) is 13.1. The van der Waals surface area contributed by atoms with E-state index in [4.69, 9.17) is 43.2 Å². The van der Waals surface area contributed by atoms with Crippen LogP contribution in [0.5, 0.6) is 28.7 Å². The molecule has 0 aromatic heterocycles. The molecule has 0 unspecified atom stereocenters. The lowest BCUT2D eigenvalue weighted by atomic mass is 9.55. The summed E-state index contributed by atoms with van der Waals surface area (Å²) in [5.74, 6) is 0.429. The van der Waals surface area contributed by atoms with Crippen molar-refractivity contribution < 1.29 is 57.8 Å². The van der Waals surface area contributed by atoms with Gasteiger partial charge in [-0.05, 0) is 104 Å². The molecule has 2 N–H and O–H groups in total. The van der Waals surface area contributed by atoms with E-state index in [1.165, 1.54) is 0 Å². The first-order valence-corrected chi connectivity index (χ1v) is 23.8. The molecule has 1 saturated carbocycles. The van der Waals surface area contributed by atoms with Gasteiger partial charge in [0.2, 0.25) is 12.6 Å². The summed E-state index contributed by atoms with van der Waals surface area (Å²) in [6.07, 6.45) is 8.71. The van der Waals surface area contributed by atoms with Gasteiger partial charge in [0, 0.05) is 43.2 Å². The fraction of sp³-hybridized carbons (Fsp3) is 0.426. The third-order valence-corrected chi connectivity index (χ3v) is 13.1. The monoisotopic (exact) mass is 930 g/mol. The van der Waals surface area contributed by atoms with Gasteiger partial charge >= 0.3 is 6.09 Å². The number of ether oxygens (including phenoxy) is 7. The first kappa shape index (κ1) is 48.3. The van der Waals surface area contributed by atoms with Gasteiger partial charge in [0.25, 0.3) is 0 Å². The lowest BCUT2D eigenvalue weighted by Gasteiger charge is -2.59. The Balaban J connectivity index is 1.26. The maximum atomic E-state index is 15.0. The number of carbonyl (C=O) groups is 2. The summed E-state index contributed by atoms with van der Waals surface area (Å²) < 4.78 is 44.5. The average Bonchev–Trinajstić information content (AvgIpc) is 3.84. The van der Waals surface area contributed by atoms with E-state index in [9.17, 15) is 15.0 Å². The summed E-state index contributed by atoms with van der Waals surface area (Å²) in [5.41, 5.74) is 4.70. The van der Waals surface area contributed by atoms with E-state index in [1.807, 2.05) is 73.7 Å². The Bertz CT molecular complexity index is 2410. The summed E-state index contributed by atoms with van der Waals surface area (Å²) in [7, 11) is 0. The minimum atomic E-state index is -1.53. The normalized spacial score (nSPS) is 22.5. The second-order valence-electron chi connectivity index (χ2n) is 17.5. The highest BCUT2D eigenvalue weighted by Crippen LogP contribution is 2.62. The minimum absolute atomic E-state index is 0.0138. The summed E-state index contributed by atoms with van der Waals surface area (Å²) in [6.45, 7) is 7.16. The first-order valence-electron chi connectivity index (χ1n) is 23.8. The van der Waals surface area contributed by atoms with Gasteiger partial charge in [0.05, 0.1) is 31.5 Å². The maximum Gasteiger partial charge on any atom is 0.410 e. The van der Waals surface area contributed by atoms with Crippen molar-refractivity contribution in [2.75, 3.05) is 46.4 Å². The van der Waals surface area contributed by atoms with Crippen molar-refractivity contribution in [3.63, 3.8) is 0 Å². The van der Waals surface area contributed by atoms with E-state index in [2.05, 4.69) is 12.7 Å². The lowest BCUT2D eigenvalue weighted by molar-refractivity contribution is -0.256. The maximum absolute atomic E-state index is 15.0. The number of aliphatic hydroxyl groups is 2. The number of fused-ring (bicyclic) bond motifs is 3. The molecule has 2 aliphatic carbocycles. The number of hydrogen-bond acceptors (Lipinski definition) is 13. The third kappa shape index (κ3) is 10.9. The highest BCUT2D eigenvalue weighted by molar-refractivity contribution is 6.03. The molecule has 1 amide bonds. The molecule has 8 rings (SSSR count). The van der Waals surface area contributed by atoms with Crippen LogP contribution < -0.4 is 18.9 Å². The molecule has 0 radical (unpaired) electrons. The van der Waals surface area contributed by atoms with Crippen molar-refractivity contribution in [2.24, 2.45) is 22.9 Å². The number of carbonyl (C=O) groups excluding carboxylic acids is 2. The molecule has 4 aromatic carbocycles. The van der Waals surface area contributed by atoms with Gasteiger partial charge in [0.15, 0.2) is 11.5 Å². The van der Waals surface area contributed by atoms with Crippen molar-refractivity contribution in [1.82, 2.24) is 4.90 Å². The molecule has 14 heteroatoms. The number of rotatable bonds is 24. The Morgan fingerprint density at radius 3 is 2.47 bits per heavy atom. The average molecular weight is 931 g/mol. The van der Waals surface area contributed by atoms with E-state index >= 15 is 4.79 Å². The van der Waals surface area contributed by atoms with Crippen LogP contribution in [0, 0.1) is 17.8 Å². The Morgan fingerprint density at radius 2 is 1.68 bits per heavy atom. The van der Waals surface area contributed by atoms with Crippen molar-refractivity contribution in [2.45, 2.75) is 82.8 Å². The first-order chi connectivity index (χ1) is 33.4. The van der Waals surface area contributed by atoms with Crippen LogP contribution in [-0.2, 0) is 32.2 Å². The van der Waals surface area contributed by atoms with E-state index in [-0.39, 0.29) is 70.5 Å². The summed E-state index contributed by atoms with van der Waals surface area (Å²) in [6, 6.07) is 27.3. The van der Waals surface area contributed by atoms with Gasteiger partial charge in [-0.1, -0.05) is 78.7 Å². The van der Waals surface area contributed by atoms with E-state index in [0.29, 0.717) is 66.1 Å². The molecule has 0 spiro atoms. The Kier molecular flexibility index (Phi) is 16.5. The van der Waals surface area contributed by atoms with Gasteiger partial charge in [-0.25, -0.2) is 4.79 Å². The zero-order valence-electron chi connectivity index (χ0n) is 38.7. The lowest BCUT2D eigenvalue weighted by Crippen LogP contribution is -2.70. The molecule has 0 saturated heterocycles. The topological polar surface area (TPSA) is 164 Å². The zero-order chi connectivity index (χ0) is 47.3. The molecule has 68 heavy (non-hydrogen) atoms. The van der Waals surface area contributed by atoms with Gasteiger partial charge < -0.3 is 48.2 Å². The molecular formula is C54H62N2O12.